The second-order valence-electron chi connectivity index (χ2n) is 5.87. The molecule has 0 atom stereocenters. The molecule has 1 aromatic rings. The zero-order chi connectivity index (χ0) is 15.3. The number of sulfonamides is 1. The zero-order valence-corrected chi connectivity index (χ0v) is 12.4. The van der Waals surface area contributed by atoms with Crippen LogP contribution in [0.15, 0.2) is 23.1 Å². The molecule has 1 fully saturated rings. The number of aliphatic carboxylic acids is 1. The predicted octanol–water partition coefficient (Wildman–Crippen LogP) is 1.15. The first-order chi connectivity index (χ1) is 9.82. The third kappa shape index (κ3) is 2.40. The maximum absolute atomic E-state index is 12.4. The van der Waals surface area contributed by atoms with E-state index in [1.54, 1.807) is 6.07 Å². The van der Waals surface area contributed by atoms with Crippen molar-refractivity contribution in [1.82, 2.24) is 4.72 Å². The van der Waals surface area contributed by atoms with Crippen molar-refractivity contribution in [1.29, 1.82) is 0 Å². The molecular weight excluding hydrogens is 294 g/mol. The molecule has 1 heterocycles. The number of fused-ring (bicyclic) bond motifs is 1. The lowest BCUT2D eigenvalue weighted by atomic mass is 9.70. The van der Waals surface area contributed by atoms with Crippen molar-refractivity contribution >= 4 is 16.0 Å². The van der Waals surface area contributed by atoms with Gasteiger partial charge in [-0.05, 0) is 30.4 Å². The van der Waals surface area contributed by atoms with Gasteiger partial charge < -0.3 is 9.84 Å². The Bertz CT molecular complexity index is 691. The molecule has 21 heavy (non-hydrogen) atoms. The van der Waals surface area contributed by atoms with Gasteiger partial charge in [-0.1, -0.05) is 13.0 Å². The maximum atomic E-state index is 12.4. The van der Waals surface area contributed by atoms with Crippen LogP contribution >= 0.6 is 0 Å². The molecule has 0 spiro atoms. The highest BCUT2D eigenvalue weighted by Gasteiger charge is 2.51. The second-order valence-corrected chi connectivity index (χ2v) is 7.56. The minimum absolute atomic E-state index is 0.0447. The lowest BCUT2D eigenvalue weighted by Gasteiger charge is -2.42. The summed E-state index contributed by atoms with van der Waals surface area (Å²) in [6, 6.07) is 4.67. The Kier molecular flexibility index (Phi) is 3.22. The third-order valence-electron chi connectivity index (χ3n) is 4.11. The maximum Gasteiger partial charge on any atom is 0.324 e. The number of nitrogens with one attached hydrogen (secondary N) is 1. The number of hydrogen-bond acceptors (Lipinski definition) is 4. The van der Waals surface area contributed by atoms with E-state index in [0.29, 0.717) is 25.2 Å². The Morgan fingerprint density at radius 1 is 1.43 bits per heavy atom. The SMILES string of the molecule is CC1CC(NS(=O)(=O)c2ccc3c(c2)OCC3)(C(=O)O)C1. The number of carboxylic acids is 1. The highest BCUT2D eigenvalue weighted by atomic mass is 32.2. The van der Waals surface area contributed by atoms with Crippen LogP contribution in [-0.4, -0.2) is 31.6 Å². The van der Waals surface area contributed by atoms with Crippen molar-refractivity contribution in [2.45, 2.75) is 36.6 Å². The van der Waals surface area contributed by atoms with Crippen LogP contribution < -0.4 is 9.46 Å². The molecule has 0 bridgehead atoms. The Morgan fingerprint density at radius 3 is 2.76 bits per heavy atom. The van der Waals surface area contributed by atoms with E-state index in [1.807, 2.05) is 6.92 Å². The molecular formula is C14H17NO5S. The number of hydrogen-bond donors (Lipinski definition) is 2. The van der Waals surface area contributed by atoms with Gasteiger partial charge in [0.1, 0.15) is 11.3 Å². The molecule has 1 aromatic carbocycles. The number of benzene rings is 1. The normalized spacial score (nSPS) is 27.6. The topological polar surface area (TPSA) is 92.7 Å². The average molecular weight is 311 g/mol. The molecule has 7 heteroatoms. The summed E-state index contributed by atoms with van der Waals surface area (Å²) >= 11 is 0. The summed E-state index contributed by atoms with van der Waals surface area (Å²) in [5, 5.41) is 9.32. The number of carboxylic acid groups (broad SMARTS) is 1. The van der Waals surface area contributed by atoms with Crippen LogP contribution in [0.5, 0.6) is 5.75 Å². The molecule has 1 saturated carbocycles. The van der Waals surface area contributed by atoms with E-state index in [2.05, 4.69) is 4.72 Å². The summed E-state index contributed by atoms with van der Waals surface area (Å²) in [6.45, 7) is 2.45. The fraction of sp³-hybridized carbons (Fsp3) is 0.500. The minimum atomic E-state index is -3.88. The summed E-state index contributed by atoms with van der Waals surface area (Å²) in [5.41, 5.74) is -0.405. The van der Waals surface area contributed by atoms with Gasteiger partial charge >= 0.3 is 5.97 Å². The lowest BCUT2D eigenvalue weighted by Crippen LogP contribution is -2.61. The first-order valence-electron chi connectivity index (χ1n) is 6.85. The van der Waals surface area contributed by atoms with E-state index < -0.39 is 21.5 Å². The molecule has 2 N–H and O–H groups in total. The summed E-state index contributed by atoms with van der Waals surface area (Å²) in [6.07, 6.45) is 1.38. The second kappa shape index (κ2) is 4.71. The molecule has 2 aliphatic rings. The van der Waals surface area contributed by atoms with Crippen LogP contribution in [0.3, 0.4) is 0 Å². The molecule has 0 saturated heterocycles. The van der Waals surface area contributed by atoms with E-state index >= 15 is 0 Å². The van der Waals surface area contributed by atoms with Crippen LogP contribution in [0.1, 0.15) is 25.3 Å². The van der Waals surface area contributed by atoms with Crippen molar-refractivity contribution < 1.29 is 23.1 Å². The molecule has 3 rings (SSSR count). The van der Waals surface area contributed by atoms with Gasteiger partial charge in [0.25, 0.3) is 0 Å². The Labute approximate surface area is 123 Å². The quantitative estimate of drug-likeness (QED) is 0.870. The van der Waals surface area contributed by atoms with Gasteiger partial charge in [-0.15, -0.1) is 0 Å². The molecule has 0 unspecified atom stereocenters. The van der Waals surface area contributed by atoms with Crippen LogP contribution in [-0.2, 0) is 21.2 Å². The summed E-state index contributed by atoms with van der Waals surface area (Å²) in [7, 11) is -3.88. The fourth-order valence-corrected chi connectivity index (χ4v) is 4.46. The summed E-state index contributed by atoms with van der Waals surface area (Å²) in [5.74, 6) is -0.363. The largest absolute Gasteiger partial charge is 0.493 e. The van der Waals surface area contributed by atoms with E-state index in [-0.39, 0.29) is 10.8 Å². The van der Waals surface area contributed by atoms with E-state index in [0.717, 1.165) is 12.0 Å². The van der Waals surface area contributed by atoms with E-state index in [4.69, 9.17) is 4.74 Å². The lowest BCUT2D eigenvalue weighted by molar-refractivity contribution is -0.149. The van der Waals surface area contributed by atoms with Crippen molar-refractivity contribution in [3.63, 3.8) is 0 Å². The minimum Gasteiger partial charge on any atom is -0.493 e. The van der Waals surface area contributed by atoms with Gasteiger partial charge in [0.2, 0.25) is 10.0 Å². The third-order valence-corrected chi connectivity index (χ3v) is 5.64. The molecule has 0 amide bonds. The Morgan fingerprint density at radius 2 is 2.14 bits per heavy atom. The van der Waals surface area contributed by atoms with E-state index in [1.165, 1.54) is 12.1 Å². The Hall–Kier alpha value is -1.60. The summed E-state index contributed by atoms with van der Waals surface area (Å²) in [4.78, 5) is 11.4. The van der Waals surface area contributed by atoms with Crippen molar-refractivity contribution in [3.05, 3.63) is 23.8 Å². The fourth-order valence-electron chi connectivity index (χ4n) is 3.06. The van der Waals surface area contributed by atoms with Gasteiger partial charge in [0, 0.05) is 12.5 Å². The van der Waals surface area contributed by atoms with Crippen LogP contribution in [0, 0.1) is 5.92 Å². The average Bonchev–Trinajstić information content (AvgIpc) is 2.83. The van der Waals surface area contributed by atoms with Crippen LogP contribution in [0.25, 0.3) is 0 Å². The van der Waals surface area contributed by atoms with Gasteiger partial charge in [-0.25, -0.2) is 8.42 Å². The standard InChI is InChI=1S/C14H17NO5S/c1-9-7-14(8-9,13(16)17)15-21(18,19)11-3-2-10-4-5-20-12(10)6-11/h2-3,6,9,15H,4-5,7-8H2,1H3,(H,16,17). The first kappa shape index (κ1) is 14.3. The van der Waals surface area contributed by atoms with Crippen molar-refractivity contribution in [2.75, 3.05) is 6.61 Å². The molecule has 6 nitrogen and oxygen atoms in total. The van der Waals surface area contributed by atoms with Crippen LogP contribution in [0.2, 0.25) is 0 Å². The van der Waals surface area contributed by atoms with Gasteiger partial charge in [-0.3, -0.25) is 4.79 Å². The summed E-state index contributed by atoms with van der Waals surface area (Å²) < 4.78 is 32.6. The monoisotopic (exact) mass is 311 g/mol. The molecule has 0 aromatic heterocycles. The zero-order valence-electron chi connectivity index (χ0n) is 11.6. The molecule has 1 aliphatic heterocycles. The predicted molar refractivity (Wildman–Crippen MR) is 74.7 cm³/mol. The number of rotatable bonds is 4. The number of ether oxygens (including phenoxy) is 1. The van der Waals surface area contributed by atoms with Gasteiger partial charge in [0.15, 0.2) is 0 Å². The Balaban J connectivity index is 1.89. The number of carbonyl (C=O) groups is 1. The van der Waals surface area contributed by atoms with Gasteiger partial charge in [0.05, 0.1) is 11.5 Å². The van der Waals surface area contributed by atoms with Crippen LogP contribution in [0.4, 0.5) is 0 Å². The highest BCUT2D eigenvalue weighted by molar-refractivity contribution is 7.89. The smallest absolute Gasteiger partial charge is 0.324 e. The first-order valence-corrected chi connectivity index (χ1v) is 8.34. The van der Waals surface area contributed by atoms with Crippen molar-refractivity contribution in [3.8, 4) is 5.75 Å². The highest BCUT2D eigenvalue weighted by Crippen LogP contribution is 2.39. The van der Waals surface area contributed by atoms with Gasteiger partial charge in [-0.2, -0.15) is 4.72 Å². The van der Waals surface area contributed by atoms with E-state index in [9.17, 15) is 18.3 Å². The van der Waals surface area contributed by atoms with Crippen molar-refractivity contribution in [2.24, 2.45) is 5.92 Å². The molecule has 0 radical (unpaired) electrons. The molecule has 114 valence electrons. The molecule has 1 aliphatic carbocycles.